The second kappa shape index (κ2) is 7.21. The molecule has 1 aliphatic heterocycles. The molecule has 0 spiro atoms. The van der Waals surface area contributed by atoms with Gasteiger partial charge in [0, 0.05) is 25.1 Å². The van der Waals surface area contributed by atoms with Gasteiger partial charge in [0.05, 0.1) is 19.8 Å². The minimum Gasteiger partial charge on any atom is -0.381 e. The summed E-state index contributed by atoms with van der Waals surface area (Å²) in [5, 5.41) is 3.40. The lowest BCUT2D eigenvalue weighted by molar-refractivity contribution is 0.0903. The van der Waals surface area contributed by atoms with Crippen LogP contribution in [-0.4, -0.2) is 39.0 Å². The summed E-state index contributed by atoms with van der Waals surface area (Å²) >= 11 is 0. The van der Waals surface area contributed by atoms with E-state index >= 15 is 0 Å². The molecule has 14 heavy (non-hydrogen) atoms. The second-order valence-electron chi connectivity index (χ2n) is 4.07. The Hall–Kier alpha value is -0.120. The van der Waals surface area contributed by atoms with Gasteiger partial charge in [0.15, 0.2) is 0 Å². The zero-order chi connectivity index (χ0) is 10.2. The summed E-state index contributed by atoms with van der Waals surface area (Å²) < 4.78 is 10.8. The monoisotopic (exact) mass is 201 g/mol. The molecule has 0 amide bonds. The highest BCUT2D eigenvalue weighted by atomic mass is 16.5. The van der Waals surface area contributed by atoms with Crippen LogP contribution in [0.4, 0.5) is 0 Å². The Morgan fingerprint density at radius 2 is 2.43 bits per heavy atom. The van der Waals surface area contributed by atoms with Gasteiger partial charge in [0.2, 0.25) is 0 Å². The Morgan fingerprint density at radius 1 is 1.57 bits per heavy atom. The van der Waals surface area contributed by atoms with Crippen molar-refractivity contribution in [1.29, 1.82) is 0 Å². The molecule has 1 aliphatic rings. The van der Waals surface area contributed by atoms with Gasteiger partial charge in [-0.3, -0.25) is 0 Å². The van der Waals surface area contributed by atoms with Crippen molar-refractivity contribution in [2.45, 2.75) is 32.7 Å². The first-order valence-corrected chi connectivity index (χ1v) is 5.71. The van der Waals surface area contributed by atoms with Crippen LogP contribution in [0, 0.1) is 5.92 Å². The third-order valence-corrected chi connectivity index (χ3v) is 2.73. The summed E-state index contributed by atoms with van der Waals surface area (Å²) in [7, 11) is 0. The first-order chi connectivity index (χ1) is 6.83. The zero-order valence-corrected chi connectivity index (χ0v) is 9.42. The van der Waals surface area contributed by atoms with Crippen LogP contribution < -0.4 is 5.32 Å². The van der Waals surface area contributed by atoms with Crippen molar-refractivity contribution in [3.63, 3.8) is 0 Å². The molecule has 2 unspecified atom stereocenters. The number of ether oxygens (including phenoxy) is 2. The summed E-state index contributed by atoms with van der Waals surface area (Å²) in [5.41, 5.74) is 0. The highest BCUT2D eigenvalue weighted by molar-refractivity contribution is 4.63. The number of nitrogens with one attached hydrogen (secondary N) is 1. The van der Waals surface area contributed by atoms with Gasteiger partial charge in [-0.2, -0.15) is 0 Å². The molecule has 3 heteroatoms. The molecule has 0 bridgehead atoms. The number of hydrogen-bond acceptors (Lipinski definition) is 3. The van der Waals surface area contributed by atoms with Gasteiger partial charge in [0.25, 0.3) is 0 Å². The van der Waals surface area contributed by atoms with E-state index < -0.39 is 0 Å². The van der Waals surface area contributed by atoms with E-state index in [4.69, 9.17) is 9.47 Å². The second-order valence-corrected chi connectivity index (χ2v) is 4.07. The third-order valence-electron chi connectivity index (χ3n) is 2.73. The van der Waals surface area contributed by atoms with Crippen LogP contribution in [0.1, 0.15) is 26.7 Å². The average Bonchev–Trinajstić information content (AvgIpc) is 2.69. The standard InChI is InChI=1S/C11H23NO2/c1-3-10(2)12-5-7-14-9-11-4-6-13-8-11/h10-12H,3-9H2,1-2H3. The zero-order valence-electron chi connectivity index (χ0n) is 9.42. The van der Waals surface area contributed by atoms with Gasteiger partial charge in [-0.25, -0.2) is 0 Å². The van der Waals surface area contributed by atoms with Gasteiger partial charge in [-0.15, -0.1) is 0 Å². The Kier molecular flexibility index (Phi) is 6.15. The van der Waals surface area contributed by atoms with Gasteiger partial charge in [0.1, 0.15) is 0 Å². The largest absolute Gasteiger partial charge is 0.381 e. The van der Waals surface area contributed by atoms with E-state index in [2.05, 4.69) is 19.2 Å². The Labute approximate surface area is 87.2 Å². The fourth-order valence-corrected chi connectivity index (χ4v) is 1.49. The third kappa shape index (κ3) is 4.94. The summed E-state index contributed by atoms with van der Waals surface area (Å²) in [6, 6.07) is 0.605. The summed E-state index contributed by atoms with van der Waals surface area (Å²) in [4.78, 5) is 0. The summed E-state index contributed by atoms with van der Waals surface area (Å²) in [5.74, 6) is 0.638. The minimum atomic E-state index is 0.605. The molecular weight excluding hydrogens is 178 g/mol. The molecule has 1 N–H and O–H groups in total. The Morgan fingerprint density at radius 3 is 3.07 bits per heavy atom. The molecule has 0 radical (unpaired) electrons. The predicted octanol–water partition coefficient (Wildman–Crippen LogP) is 1.43. The number of hydrogen-bond donors (Lipinski definition) is 1. The van der Waals surface area contributed by atoms with E-state index in [1.54, 1.807) is 0 Å². The Balaban J connectivity index is 1.84. The molecule has 1 heterocycles. The van der Waals surface area contributed by atoms with E-state index in [1.165, 1.54) is 12.8 Å². The van der Waals surface area contributed by atoms with Crippen LogP contribution in [0.5, 0.6) is 0 Å². The predicted molar refractivity (Wildman–Crippen MR) is 57.5 cm³/mol. The highest BCUT2D eigenvalue weighted by Gasteiger charge is 2.15. The molecular formula is C11H23NO2. The van der Waals surface area contributed by atoms with Crippen LogP contribution in [0.15, 0.2) is 0 Å². The molecule has 2 atom stereocenters. The molecule has 1 saturated heterocycles. The van der Waals surface area contributed by atoms with Crippen molar-refractivity contribution >= 4 is 0 Å². The Bertz CT molecular complexity index is 135. The molecule has 0 aliphatic carbocycles. The van der Waals surface area contributed by atoms with Crippen LogP contribution in [0.25, 0.3) is 0 Å². The molecule has 1 rings (SSSR count). The van der Waals surface area contributed by atoms with Crippen LogP contribution >= 0.6 is 0 Å². The molecule has 1 fully saturated rings. The van der Waals surface area contributed by atoms with Crippen molar-refractivity contribution in [3.05, 3.63) is 0 Å². The lowest BCUT2D eigenvalue weighted by Crippen LogP contribution is -2.29. The van der Waals surface area contributed by atoms with Gasteiger partial charge in [-0.05, 0) is 19.8 Å². The molecule has 84 valence electrons. The van der Waals surface area contributed by atoms with Crippen molar-refractivity contribution < 1.29 is 9.47 Å². The van der Waals surface area contributed by atoms with Crippen LogP contribution in [0.3, 0.4) is 0 Å². The van der Waals surface area contributed by atoms with E-state index in [1.807, 2.05) is 0 Å². The topological polar surface area (TPSA) is 30.5 Å². The first-order valence-electron chi connectivity index (χ1n) is 5.71. The van der Waals surface area contributed by atoms with Crippen LogP contribution in [0.2, 0.25) is 0 Å². The summed E-state index contributed by atoms with van der Waals surface area (Å²) in [6.45, 7) is 8.84. The maximum atomic E-state index is 5.57. The molecule has 0 aromatic rings. The molecule has 0 aromatic carbocycles. The maximum absolute atomic E-state index is 5.57. The minimum absolute atomic E-state index is 0.605. The molecule has 0 aromatic heterocycles. The average molecular weight is 201 g/mol. The summed E-state index contributed by atoms with van der Waals surface area (Å²) in [6.07, 6.45) is 2.34. The van der Waals surface area contributed by atoms with E-state index in [9.17, 15) is 0 Å². The van der Waals surface area contributed by atoms with Crippen LogP contribution in [-0.2, 0) is 9.47 Å². The first kappa shape index (κ1) is 12.0. The number of rotatable bonds is 7. The quantitative estimate of drug-likeness (QED) is 0.632. The van der Waals surface area contributed by atoms with Gasteiger partial charge < -0.3 is 14.8 Å². The fraction of sp³-hybridized carbons (Fsp3) is 1.00. The maximum Gasteiger partial charge on any atom is 0.0591 e. The van der Waals surface area contributed by atoms with Crippen molar-refractivity contribution in [2.24, 2.45) is 5.92 Å². The SMILES string of the molecule is CCC(C)NCCOCC1CCOC1. The normalized spacial score (nSPS) is 24.0. The van der Waals surface area contributed by atoms with E-state index in [0.717, 1.165) is 33.0 Å². The van der Waals surface area contributed by atoms with Crippen molar-refractivity contribution in [1.82, 2.24) is 5.32 Å². The van der Waals surface area contributed by atoms with Gasteiger partial charge in [-0.1, -0.05) is 6.92 Å². The molecule has 3 nitrogen and oxygen atoms in total. The fourth-order valence-electron chi connectivity index (χ4n) is 1.49. The molecule has 0 saturated carbocycles. The highest BCUT2D eigenvalue weighted by Crippen LogP contribution is 2.11. The lowest BCUT2D eigenvalue weighted by Gasteiger charge is -2.12. The van der Waals surface area contributed by atoms with Crippen molar-refractivity contribution in [2.75, 3.05) is 33.0 Å². The van der Waals surface area contributed by atoms with Gasteiger partial charge >= 0.3 is 0 Å². The smallest absolute Gasteiger partial charge is 0.0591 e. The van der Waals surface area contributed by atoms with E-state index in [0.29, 0.717) is 12.0 Å². The van der Waals surface area contributed by atoms with Crippen molar-refractivity contribution in [3.8, 4) is 0 Å². The lowest BCUT2D eigenvalue weighted by atomic mass is 10.1. The van der Waals surface area contributed by atoms with E-state index in [-0.39, 0.29) is 0 Å².